The molecule has 2 radical (unpaired) electrons. The number of rotatable bonds is 6. The number of hydrogen-bond donors (Lipinski definition) is 1. The molecule has 1 aliphatic carbocycles. The van der Waals surface area contributed by atoms with Crippen LogP contribution in [0.4, 0.5) is 0 Å². The van der Waals surface area contributed by atoms with Crippen molar-refractivity contribution in [3.05, 3.63) is 119 Å². The lowest BCUT2D eigenvalue weighted by atomic mass is 9.85. The van der Waals surface area contributed by atoms with Gasteiger partial charge in [-0.3, -0.25) is 0 Å². The van der Waals surface area contributed by atoms with Crippen LogP contribution in [0.25, 0.3) is 0 Å². The van der Waals surface area contributed by atoms with Crippen molar-refractivity contribution >= 4 is 0 Å². The summed E-state index contributed by atoms with van der Waals surface area (Å²) in [4.78, 5) is 0. The molecule has 1 nitrogen and oxygen atoms in total. The summed E-state index contributed by atoms with van der Waals surface area (Å²) >= 11 is 0. The quantitative estimate of drug-likeness (QED) is 0.455. The molecule has 2 rings (SSSR count). The Morgan fingerprint density at radius 2 is 1.59 bits per heavy atom. The number of nitrogens with one attached hydrogen (secondary N) is 1. The predicted molar refractivity (Wildman–Crippen MR) is 131 cm³/mol. The third-order valence-electron chi connectivity index (χ3n) is 5.13. The van der Waals surface area contributed by atoms with E-state index in [9.17, 15) is 0 Å². The zero-order valence-electron chi connectivity index (χ0n) is 19.2. The Hall–Kier alpha value is -2.54. The third-order valence-corrected chi connectivity index (χ3v) is 5.13. The summed E-state index contributed by atoms with van der Waals surface area (Å²) in [5.74, 6) is 0. The molecule has 0 aromatic carbocycles. The Balaban J connectivity index is 0.00000204. The fraction of sp³-hybridized carbons (Fsp3) is 0.286. The lowest BCUT2D eigenvalue weighted by Crippen LogP contribution is -2.23. The van der Waals surface area contributed by atoms with E-state index in [4.69, 9.17) is 0 Å². The molecular weight excluding hydrogens is 350 g/mol. The predicted octanol–water partition coefficient (Wildman–Crippen LogP) is 8.04. The van der Waals surface area contributed by atoms with Crippen molar-refractivity contribution in [1.29, 1.82) is 0 Å². The molecule has 1 heterocycles. The number of hydrogen-bond acceptors (Lipinski definition) is 1. The standard InChI is InChI=1S/C26H31N.C2H6/c1-9-22(11-10-19(6)17(2)3)25-13-12-23-16-24(14-20(7)18(4)5)21(8)15-26(23)27-25;1-2/h9-14,27H,1-2,4,8,15-16H2,3,5-7H3;1-2H3/b19-10-,20-14-,22-11+;. The molecule has 1 heteroatoms. The largest absolute Gasteiger partial charge is 0.358 e. The molecule has 2 aliphatic rings. The van der Waals surface area contributed by atoms with Gasteiger partial charge in [0.25, 0.3) is 0 Å². The molecule has 1 N–H and O–H groups in total. The van der Waals surface area contributed by atoms with E-state index in [0.717, 1.165) is 35.3 Å². The second-order valence-corrected chi connectivity index (χ2v) is 7.42. The first-order chi connectivity index (χ1) is 13.7. The summed E-state index contributed by atoms with van der Waals surface area (Å²) in [5, 5.41) is 3.59. The van der Waals surface area contributed by atoms with Gasteiger partial charge in [0.2, 0.25) is 0 Å². The fourth-order valence-corrected chi connectivity index (χ4v) is 2.88. The highest BCUT2D eigenvalue weighted by Crippen LogP contribution is 2.35. The second kappa shape index (κ2) is 11.5. The summed E-state index contributed by atoms with van der Waals surface area (Å²) in [6.45, 7) is 28.5. The molecular formula is C28H37N. The number of allylic oxidation sites excluding steroid dienone is 12. The third kappa shape index (κ3) is 6.78. The minimum Gasteiger partial charge on any atom is -0.358 e. The number of dihydropyridines is 1. The maximum absolute atomic E-state index is 4.30. The maximum atomic E-state index is 4.30. The van der Waals surface area contributed by atoms with E-state index in [-0.39, 0.29) is 0 Å². The first kappa shape index (κ1) is 24.5. The summed E-state index contributed by atoms with van der Waals surface area (Å²) in [7, 11) is 0. The minimum atomic E-state index is 0.837. The van der Waals surface area contributed by atoms with Gasteiger partial charge >= 0.3 is 0 Å². The molecule has 154 valence electrons. The van der Waals surface area contributed by atoms with Crippen LogP contribution in [-0.4, -0.2) is 0 Å². The Labute approximate surface area is 179 Å². The Kier molecular flexibility index (Phi) is 9.68. The van der Waals surface area contributed by atoms with Gasteiger partial charge in [0.05, 0.1) is 0 Å². The Bertz CT molecular complexity index is 860. The van der Waals surface area contributed by atoms with Crippen LogP contribution in [0.1, 0.15) is 54.4 Å². The van der Waals surface area contributed by atoms with Gasteiger partial charge < -0.3 is 5.32 Å². The highest BCUT2D eigenvalue weighted by Gasteiger charge is 2.21. The smallest absolute Gasteiger partial charge is 0.0421 e. The molecule has 0 bridgehead atoms. The molecule has 0 aromatic heterocycles. The van der Waals surface area contributed by atoms with E-state index in [2.05, 4.69) is 76.5 Å². The molecule has 0 saturated heterocycles. The molecule has 0 saturated carbocycles. The van der Waals surface area contributed by atoms with Gasteiger partial charge in [0.1, 0.15) is 0 Å². The van der Waals surface area contributed by atoms with Gasteiger partial charge in [-0.05, 0) is 68.9 Å². The molecule has 0 spiro atoms. The van der Waals surface area contributed by atoms with Gasteiger partial charge in [-0.15, -0.1) is 0 Å². The molecule has 1 aliphatic heterocycles. The van der Waals surface area contributed by atoms with Crippen molar-refractivity contribution in [2.45, 2.75) is 54.4 Å². The maximum Gasteiger partial charge on any atom is 0.0421 e. The summed E-state index contributed by atoms with van der Waals surface area (Å²) in [5.41, 5.74) is 11.7. The van der Waals surface area contributed by atoms with Crippen molar-refractivity contribution in [3.63, 3.8) is 0 Å². The SMILES string of the molecule is CC.[CH2]C1=C(/C=C(/C)C(=C)C)CC2=C(C1)NC(/C(C=C)=C/C=C(/C)C(=C)C)=C[CH]2. The normalized spacial score (nSPS) is 17.6. The highest BCUT2D eigenvalue weighted by atomic mass is 14.9. The van der Waals surface area contributed by atoms with Crippen LogP contribution < -0.4 is 5.32 Å². The van der Waals surface area contributed by atoms with Gasteiger partial charge in [-0.25, -0.2) is 0 Å². The second-order valence-electron chi connectivity index (χ2n) is 7.42. The molecule has 29 heavy (non-hydrogen) atoms. The van der Waals surface area contributed by atoms with E-state index in [0.29, 0.717) is 0 Å². The van der Waals surface area contributed by atoms with Crippen LogP contribution in [-0.2, 0) is 0 Å². The fourth-order valence-electron chi connectivity index (χ4n) is 2.88. The summed E-state index contributed by atoms with van der Waals surface area (Å²) in [6, 6.07) is 0. The first-order valence-corrected chi connectivity index (χ1v) is 10.3. The molecule has 0 unspecified atom stereocenters. The highest BCUT2D eigenvalue weighted by molar-refractivity contribution is 5.54. The van der Waals surface area contributed by atoms with E-state index < -0.39 is 0 Å². The topological polar surface area (TPSA) is 12.0 Å². The van der Waals surface area contributed by atoms with Crippen molar-refractivity contribution < 1.29 is 0 Å². The zero-order valence-corrected chi connectivity index (χ0v) is 19.2. The van der Waals surface area contributed by atoms with Gasteiger partial charge in [-0.1, -0.05) is 80.7 Å². The van der Waals surface area contributed by atoms with Crippen LogP contribution in [0.5, 0.6) is 0 Å². The van der Waals surface area contributed by atoms with Crippen LogP contribution in [0, 0.1) is 13.3 Å². The lowest BCUT2D eigenvalue weighted by Gasteiger charge is -2.29. The van der Waals surface area contributed by atoms with Crippen LogP contribution in [0.15, 0.2) is 106 Å². The van der Waals surface area contributed by atoms with E-state index in [1.54, 1.807) is 0 Å². The van der Waals surface area contributed by atoms with Crippen molar-refractivity contribution in [2.24, 2.45) is 0 Å². The molecule has 0 amide bonds. The van der Waals surface area contributed by atoms with E-state index >= 15 is 0 Å². The average Bonchev–Trinajstić information content (AvgIpc) is 2.70. The van der Waals surface area contributed by atoms with Crippen LogP contribution in [0.2, 0.25) is 0 Å². The van der Waals surface area contributed by atoms with Crippen molar-refractivity contribution in [2.75, 3.05) is 0 Å². The van der Waals surface area contributed by atoms with Crippen LogP contribution in [0.3, 0.4) is 0 Å². The van der Waals surface area contributed by atoms with E-state index in [1.165, 1.54) is 33.6 Å². The van der Waals surface area contributed by atoms with Gasteiger partial charge in [0.15, 0.2) is 0 Å². The molecule has 0 fully saturated rings. The van der Waals surface area contributed by atoms with Crippen molar-refractivity contribution in [1.82, 2.24) is 5.32 Å². The lowest BCUT2D eigenvalue weighted by molar-refractivity contribution is 0.835. The van der Waals surface area contributed by atoms with Gasteiger partial charge in [0, 0.05) is 24.2 Å². The van der Waals surface area contributed by atoms with Crippen molar-refractivity contribution in [3.8, 4) is 0 Å². The van der Waals surface area contributed by atoms with Gasteiger partial charge in [-0.2, -0.15) is 0 Å². The Morgan fingerprint density at radius 1 is 0.966 bits per heavy atom. The monoisotopic (exact) mass is 387 g/mol. The zero-order chi connectivity index (χ0) is 22.1. The van der Waals surface area contributed by atoms with Crippen LogP contribution >= 0.6 is 0 Å². The van der Waals surface area contributed by atoms with E-state index in [1.807, 2.05) is 33.8 Å². The first-order valence-electron chi connectivity index (χ1n) is 10.3. The summed E-state index contributed by atoms with van der Waals surface area (Å²) < 4.78 is 0. The molecule has 0 aromatic rings. The average molecular weight is 388 g/mol. The summed E-state index contributed by atoms with van der Waals surface area (Å²) in [6.07, 6.45) is 14.4. The Morgan fingerprint density at radius 3 is 2.14 bits per heavy atom. The molecule has 0 atom stereocenters. The minimum absolute atomic E-state index is 0.837.